The number of halogens is 2. The third-order valence-corrected chi connectivity index (χ3v) is 9.11. The summed E-state index contributed by atoms with van der Waals surface area (Å²) in [7, 11) is 0. The van der Waals surface area contributed by atoms with E-state index in [0.29, 0.717) is 49.1 Å². The van der Waals surface area contributed by atoms with E-state index < -0.39 is 5.92 Å². The summed E-state index contributed by atoms with van der Waals surface area (Å²) in [6, 6.07) is 11.7. The van der Waals surface area contributed by atoms with Gasteiger partial charge in [-0.3, -0.25) is 9.59 Å². The number of allylic oxidation sites excluding steroid dienone is 4. The number of benzene rings is 2. The number of ether oxygens (including phenoxy) is 2. The molecule has 0 N–H and O–H groups in total. The predicted octanol–water partition coefficient (Wildman–Crippen LogP) is 8.79. The van der Waals surface area contributed by atoms with Gasteiger partial charge in [0.05, 0.1) is 11.6 Å². The third kappa shape index (κ3) is 5.87. The SMILES string of the molecule is CCOc1cc(C2C3=C(CC(C)(C)CC3=O)N(CC)C3=C2C(=O)CC(C)(C)C3)cc(Cl)c1OCc1ccc(Br)cc1. The van der Waals surface area contributed by atoms with Crippen LogP contribution in [0.1, 0.15) is 84.3 Å². The van der Waals surface area contributed by atoms with Gasteiger partial charge < -0.3 is 14.4 Å². The second-order valence-electron chi connectivity index (χ2n) is 13.0. The molecule has 2 aliphatic carbocycles. The van der Waals surface area contributed by atoms with E-state index in [1.165, 1.54) is 0 Å². The number of ketones is 2. The Kier molecular flexibility index (Phi) is 8.21. The van der Waals surface area contributed by atoms with Crippen molar-refractivity contribution in [1.82, 2.24) is 4.90 Å². The summed E-state index contributed by atoms with van der Waals surface area (Å²) in [5.41, 5.74) is 5.06. The summed E-state index contributed by atoms with van der Waals surface area (Å²) >= 11 is 10.4. The Labute approximate surface area is 257 Å². The summed E-state index contributed by atoms with van der Waals surface area (Å²) in [5.74, 6) is 0.706. The van der Waals surface area contributed by atoms with Crippen LogP contribution in [0, 0.1) is 10.8 Å². The summed E-state index contributed by atoms with van der Waals surface area (Å²) in [4.78, 5) is 30.1. The number of Topliss-reactive ketones (excluding diaryl/α,β-unsaturated/α-hetero) is 2. The van der Waals surface area contributed by atoms with Gasteiger partial charge >= 0.3 is 0 Å². The highest BCUT2D eigenvalue weighted by Crippen LogP contribution is 2.55. The average Bonchev–Trinajstić information content (AvgIpc) is 2.87. The van der Waals surface area contributed by atoms with Crippen LogP contribution in [0.15, 0.2) is 63.4 Å². The second kappa shape index (κ2) is 11.3. The molecule has 0 radical (unpaired) electrons. The van der Waals surface area contributed by atoms with Crippen molar-refractivity contribution >= 4 is 39.1 Å². The second-order valence-corrected chi connectivity index (χ2v) is 14.3. The monoisotopic (exact) mass is 639 g/mol. The molecule has 0 unspecified atom stereocenters. The van der Waals surface area contributed by atoms with E-state index in [-0.39, 0.29) is 22.4 Å². The molecular formula is C34H39BrClNO4. The molecule has 218 valence electrons. The van der Waals surface area contributed by atoms with Crippen molar-refractivity contribution in [3.05, 3.63) is 79.6 Å². The summed E-state index contributed by atoms with van der Waals surface area (Å²) < 4.78 is 13.3. The molecule has 0 saturated heterocycles. The Balaban J connectivity index is 1.65. The Bertz CT molecular complexity index is 1400. The van der Waals surface area contributed by atoms with Crippen molar-refractivity contribution in [3.8, 4) is 11.5 Å². The summed E-state index contributed by atoms with van der Waals surface area (Å²) in [6.07, 6.45) is 2.46. The number of rotatable bonds is 7. The molecule has 5 nitrogen and oxygen atoms in total. The van der Waals surface area contributed by atoms with E-state index in [1.54, 1.807) is 0 Å². The smallest absolute Gasteiger partial charge is 0.180 e. The summed E-state index contributed by atoms with van der Waals surface area (Å²) in [6.45, 7) is 14.1. The Morgan fingerprint density at radius 3 is 1.95 bits per heavy atom. The number of carbonyl (C=O) groups is 2. The van der Waals surface area contributed by atoms with Gasteiger partial charge in [0, 0.05) is 52.3 Å². The van der Waals surface area contributed by atoms with E-state index in [1.807, 2.05) is 43.3 Å². The topological polar surface area (TPSA) is 55.8 Å². The number of hydrogen-bond acceptors (Lipinski definition) is 5. The van der Waals surface area contributed by atoms with Crippen molar-refractivity contribution in [2.24, 2.45) is 10.8 Å². The minimum atomic E-state index is -0.479. The molecule has 2 aromatic carbocycles. The van der Waals surface area contributed by atoms with Crippen molar-refractivity contribution in [2.75, 3.05) is 13.2 Å². The number of carbonyl (C=O) groups excluding carboxylic acids is 2. The molecule has 3 aliphatic rings. The predicted molar refractivity (Wildman–Crippen MR) is 166 cm³/mol. The average molecular weight is 641 g/mol. The molecule has 1 aliphatic heterocycles. The first-order chi connectivity index (χ1) is 19.3. The van der Waals surface area contributed by atoms with Gasteiger partial charge in [0.1, 0.15) is 6.61 Å². The molecule has 0 fully saturated rings. The Hall–Kier alpha value is -2.57. The molecule has 0 amide bonds. The fourth-order valence-electron chi connectivity index (χ4n) is 6.66. The first-order valence-electron chi connectivity index (χ1n) is 14.5. The Morgan fingerprint density at radius 2 is 1.44 bits per heavy atom. The lowest BCUT2D eigenvalue weighted by Gasteiger charge is -2.49. The molecule has 1 heterocycles. The fraction of sp³-hybridized carbons (Fsp3) is 0.471. The molecule has 7 heteroatoms. The molecule has 0 saturated carbocycles. The largest absolute Gasteiger partial charge is 0.490 e. The van der Waals surface area contributed by atoms with E-state index >= 15 is 0 Å². The van der Waals surface area contributed by atoms with Crippen LogP contribution in [0.4, 0.5) is 0 Å². The highest BCUT2D eigenvalue weighted by Gasteiger charge is 2.48. The zero-order chi connectivity index (χ0) is 29.7. The van der Waals surface area contributed by atoms with Gasteiger partial charge in [-0.2, -0.15) is 0 Å². The molecule has 0 bridgehead atoms. The lowest BCUT2D eigenvalue weighted by Crippen LogP contribution is -2.44. The molecule has 5 rings (SSSR count). The maximum atomic E-state index is 13.9. The molecule has 0 atom stereocenters. The van der Waals surface area contributed by atoms with E-state index in [0.717, 1.165) is 51.0 Å². The normalized spacial score (nSPS) is 20.2. The van der Waals surface area contributed by atoms with Crippen molar-refractivity contribution in [3.63, 3.8) is 0 Å². The number of nitrogens with zero attached hydrogens (tertiary/aromatic N) is 1. The Morgan fingerprint density at radius 1 is 0.878 bits per heavy atom. The van der Waals surface area contributed by atoms with E-state index in [9.17, 15) is 9.59 Å². The van der Waals surface area contributed by atoms with Crippen molar-refractivity contribution in [1.29, 1.82) is 0 Å². The molecule has 41 heavy (non-hydrogen) atoms. The van der Waals surface area contributed by atoms with Crippen LogP contribution in [-0.4, -0.2) is 29.6 Å². The standard InChI is InChI=1S/C34H39BrClNO4/c1-7-37-24-15-33(3,4)17-26(38)30(24)29(31-25(37)16-34(5,6)18-27(31)39)21-13-23(36)32(28(14-21)40-8-2)41-19-20-9-11-22(35)12-10-20/h9-14,29H,7-8,15-19H2,1-6H3. The van der Waals surface area contributed by atoms with Gasteiger partial charge in [-0.15, -0.1) is 0 Å². The van der Waals surface area contributed by atoms with Crippen LogP contribution in [0.3, 0.4) is 0 Å². The number of hydrogen-bond donors (Lipinski definition) is 0. The van der Waals surface area contributed by atoms with Crippen molar-refractivity contribution < 1.29 is 19.1 Å². The van der Waals surface area contributed by atoms with E-state index in [4.69, 9.17) is 21.1 Å². The highest BCUT2D eigenvalue weighted by atomic mass is 79.9. The van der Waals surface area contributed by atoms with Crippen LogP contribution < -0.4 is 9.47 Å². The van der Waals surface area contributed by atoms with Gasteiger partial charge in [0.25, 0.3) is 0 Å². The maximum Gasteiger partial charge on any atom is 0.180 e. The lowest BCUT2D eigenvalue weighted by molar-refractivity contribution is -0.119. The van der Waals surface area contributed by atoms with Crippen LogP contribution in [0.5, 0.6) is 11.5 Å². The van der Waals surface area contributed by atoms with Gasteiger partial charge in [-0.25, -0.2) is 0 Å². The molecule has 0 aromatic heterocycles. The van der Waals surface area contributed by atoms with Gasteiger partial charge in [0.15, 0.2) is 23.1 Å². The van der Waals surface area contributed by atoms with Gasteiger partial charge in [-0.1, -0.05) is 67.4 Å². The summed E-state index contributed by atoms with van der Waals surface area (Å²) in [5, 5.41) is 0.400. The van der Waals surface area contributed by atoms with Crippen LogP contribution in [0.25, 0.3) is 0 Å². The van der Waals surface area contributed by atoms with Crippen LogP contribution >= 0.6 is 27.5 Å². The molecular weight excluding hydrogens is 602 g/mol. The van der Waals surface area contributed by atoms with Crippen molar-refractivity contribution in [2.45, 2.75) is 79.8 Å². The zero-order valence-electron chi connectivity index (χ0n) is 24.8. The zero-order valence-corrected chi connectivity index (χ0v) is 27.2. The van der Waals surface area contributed by atoms with Crippen LogP contribution in [-0.2, 0) is 16.2 Å². The molecule has 0 spiro atoms. The first-order valence-corrected chi connectivity index (χ1v) is 15.6. The highest BCUT2D eigenvalue weighted by molar-refractivity contribution is 9.10. The van der Waals surface area contributed by atoms with Crippen LogP contribution in [0.2, 0.25) is 5.02 Å². The minimum absolute atomic E-state index is 0.105. The maximum absolute atomic E-state index is 13.9. The third-order valence-electron chi connectivity index (χ3n) is 8.30. The van der Waals surface area contributed by atoms with Gasteiger partial charge in [-0.05, 0) is 72.9 Å². The molecule has 2 aromatic rings. The fourth-order valence-corrected chi connectivity index (χ4v) is 7.19. The quantitative estimate of drug-likeness (QED) is 0.303. The minimum Gasteiger partial charge on any atom is -0.490 e. The lowest BCUT2D eigenvalue weighted by atomic mass is 9.63. The van der Waals surface area contributed by atoms with E-state index in [2.05, 4.69) is 55.4 Å². The van der Waals surface area contributed by atoms with Gasteiger partial charge in [0.2, 0.25) is 0 Å². The first kappa shape index (κ1) is 29.9.